The largest absolute Gasteiger partial charge is 0.478 e. The Balaban J connectivity index is 2.17. The molecule has 0 spiro atoms. The number of aromatic carboxylic acids is 1. The molecule has 0 bridgehead atoms. The Bertz CT molecular complexity index is 779. The van der Waals surface area contributed by atoms with E-state index in [1.165, 1.54) is 12.1 Å². The van der Waals surface area contributed by atoms with Gasteiger partial charge in [-0.1, -0.05) is 0 Å². The average Bonchev–Trinajstić information content (AvgIpc) is 2.81. The van der Waals surface area contributed by atoms with Crippen LogP contribution >= 0.6 is 0 Å². The number of carboxylic acids is 1. The van der Waals surface area contributed by atoms with Gasteiger partial charge in [-0.05, 0) is 19.1 Å². The van der Waals surface area contributed by atoms with Crippen molar-refractivity contribution in [2.75, 3.05) is 0 Å². The summed E-state index contributed by atoms with van der Waals surface area (Å²) in [5.41, 5.74) is 2.93. The number of nitrogens with zero attached hydrogens (tertiary/aromatic N) is 4. The summed E-state index contributed by atoms with van der Waals surface area (Å²) in [7, 11) is 0. The Kier molecular flexibility index (Phi) is 2.49. The van der Waals surface area contributed by atoms with Crippen LogP contribution in [0.15, 0.2) is 36.9 Å². The zero-order chi connectivity index (χ0) is 13.4. The van der Waals surface area contributed by atoms with Gasteiger partial charge in [0.05, 0.1) is 11.3 Å². The Labute approximate surface area is 108 Å². The third-order valence-electron chi connectivity index (χ3n) is 2.83. The highest BCUT2D eigenvalue weighted by Crippen LogP contribution is 2.19. The molecule has 0 aliphatic heterocycles. The maximum absolute atomic E-state index is 10.9. The molecule has 0 fully saturated rings. The molecule has 6 nitrogen and oxygen atoms in total. The van der Waals surface area contributed by atoms with Gasteiger partial charge in [0.15, 0.2) is 0 Å². The first-order valence-corrected chi connectivity index (χ1v) is 5.65. The highest BCUT2D eigenvalue weighted by Gasteiger charge is 2.10. The summed E-state index contributed by atoms with van der Waals surface area (Å²) in [6.07, 6.45) is 6.70. The lowest BCUT2D eigenvalue weighted by Crippen LogP contribution is -1.96. The fraction of sp³-hybridized carbons (Fsp3) is 0.0769. The molecule has 19 heavy (non-hydrogen) atoms. The minimum Gasteiger partial charge on any atom is -0.478 e. The van der Waals surface area contributed by atoms with E-state index in [-0.39, 0.29) is 5.56 Å². The van der Waals surface area contributed by atoms with Gasteiger partial charge in [0.2, 0.25) is 0 Å². The van der Waals surface area contributed by atoms with E-state index in [9.17, 15) is 4.79 Å². The molecule has 0 aliphatic carbocycles. The number of pyridine rings is 1. The molecule has 0 aromatic carbocycles. The second kappa shape index (κ2) is 4.16. The van der Waals surface area contributed by atoms with Gasteiger partial charge >= 0.3 is 5.97 Å². The smallest absolute Gasteiger partial charge is 0.335 e. The lowest BCUT2D eigenvalue weighted by Gasteiger charge is -1.97. The van der Waals surface area contributed by atoms with Crippen LogP contribution in [0.5, 0.6) is 0 Å². The quantitative estimate of drug-likeness (QED) is 0.754. The van der Waals surface area contributed by atoms with Gasteiger partial charge in [-0.3, -0.25) is 9.97 Å². The fourth-order valence-electron chi connectivity index (χ4n) is 1.89. The van der Waals surface area contributed by atoms with Crippen molar-refractivity contribution in [3.63, 3.8) is 0 Å². The van der Waals surface area contributed by atoms with Crippen LogP contribution < -0.4 is 0 Å². The Morgan fingerprint density at radius 1 is 1.32 bits per heavy atom. The third kappa shape index (κ3) is 1.93. The molecular weight excluding hydrogens is 244 g/mol. The molecule has 0 unspecified atom stereocenters. The molecule has 1 N–H and O–H groups in total. The number of fused-ring (bicyclic) bond motifs is 1. The molecule has 0 radical (unpaired) electrons. The van der Waals surface area contributed by atoms with Crippen molar-refractivity contribution in [2.24, 2.45) is 0 Å². The summed E-state index contributed by atoms with van der Waals surface area (Å²) in [5.74, 6) is -0.970. The van der Waals surface area contributed by atoms with Gasteiger partial charge in [0.25, 0.3) is 0 Å². The van der Waals surface area contributed by atoms with E-state index in [1.807, 2.05) is 6.92 Å². The number of hydrogen-bond acceptors (Lipinski definition) is 4. The molecule has 3 aromatic rings. The Morgan fingerprint density at radius 2 is 2.11 bits per heavy atom. The molecule has 0 aliphatic rings. The van der Waals surface area contributed by atoms with E-state index >= 15 is 0 Å². The van der Waals surface area contributed by atoms with E-state index in [0.717, 1.165) is 5.69 Å². The molecule has 0 amide bonds. The molecule has 0 saturated heterocycles. The molecular formula is C13H10N4O2. The number of hydrogen-bond donors (Lipinski definition) is 1. The van der Waals surface area contributed by atoms with Crippen molar-refractivity contribution in [3.05, 3.63) is 48.2 Å². The third-order valence-corrected chi connectivity index (χ3v) is 2.83. The Morgan fingerprint density at radius 3 is 2.84 bits per heavy atom. The van der Waals surface area contributed by atoms with Crippen molar-refractivity contribution < 1.29 is 9.90 Å². The van der Waals surface area contributed by atoms with Gasteiger partial charge in [-0.2, -0.15) is 0 Å². The zero-order valence-electron chi connectivity index (χ0n) is 10.1. The number of imidazole rings is 1. The molecule has 94 valence electrons. The number of rotatable bonds is 2. The maximum Gasteiger partial charge on any atom is 0.335 e. The average molecular weight is 254 g/mol. The van der Waals surface area contributed by atoms with Crippen molar-refractivity contribution >= 4 is 11.6 Å². The predicted octanol–water partition coefficient (Wildman–Crippen LogP) is 1.80. The van der Waals surface area contributed by atoms with Gasteiger partial charge in [-0.25, -0.2) is 9.78 Å². The summed E-state index contributed by atoms with van der Waals surface area (Å²) >= 11 is 0. The van der Waals surface area contributed by atoms with Crippen LogP contribution in [0, 0.1) is 6.92 Å². The van der Waals surface area contributed by atoms with Crippen LogP contribution in [-0.4, -0.2) is 30.4 Å². The molecule has 0 saturated carbocycles. The van der Waals surface area contributed by atoms with Crippen LogP contribution in [0.4, 0.5) is 0 Å². The normalized spacial score (nSPS) is 10.8. The lowest BCUT2D eigenvalue weighted by atomic mass is 10.2. The second-order valence-corrected chi connectivity index (χ2v) is 4.10. The standard InChI is InChI=1S/C13H10N4O2/c1-8-12(15-4-3-14-8)10-7-17-5-2-9(13(18)19)6-11(17)16-10/h2-7H,1H3,(H,18,19). The highest BCUT2D eigenvalue weighted by atomic mass is 16.4. The Hall–Kier alpha value is -2.76. The van der Waals surface area contributed by atoms with Gasteiger partial charge in [0, 0.05) is 24.8 Å². The minimum absolute atomic E-state index is 0.209. The molecule has 3 aromatic heterocycles. The number of carboxylic acid groups (broad SMARTS) is 1. The van der Waals surface area contributed by atoms with Crippen molar-refractivity contribution in [1.82, 2.24) is 19.4 Å². The van der Waals surface area contributed by atoms with Crippen molar-refractivity contribution in [2.45, 2.75) is 6.92 Å². The van der Waals surface area contributed by atoms with Gasteiger partial charge < -0.3 is 9.51 Å². The van der Waals surface area contributed by atoms with Crippen molar-refractivity contribution in [1.29, 1.82) is 0 Å². The topological polar surface area (TPSA) is 80.4 Å². The van der Waals surface area contributed by atoms with E-state index in [0.29, 0.717) is 17.0 Å². The first-order valence-electron chi connectivity index (χ1n) is 5.65. The summed E-state index contributed by atoms with van der Waals surface area (Å²) in [4.78, 5) is 23.7. The van der Waals surface area contributed by atoms with E-state index in [2.05, 4.69) is 15.0 Å². The van der Waals surface area contributed by atoms with Crippen LogP contribution in [-0.2, 0) is 0 Å². The highest BCUT2D eigenvalue weighted by molar-refractivity contribution is 5.88. The summed E-state index contributed by atoms with van der Waals surface area (Å²) in [5, 5.41) is 8.95. The summed E-state index contributed by atoms with van der Waals surface area (Å²) < 4.78 is 1.76. The van der Waals surface area contributed by atoms with E-state index < -0.39 is 5.97 Å². The van der Waals surface area contributed by atoms with Crippen LogP contribution in [0.2, 0.25) is 0 Å². The van der Waals surface area contributed by atoms with E-state index in [1.54, 1.807) is 29.2 Å². The van der Waals surface area contributed by atoms with Crippen LogP contribution in [0.3, 0.4) is 0 Å². The molecule has 6 heteroatoms. The number of carbonyl (C=O) groups is 1. The van der Waals surface area contributed by atoms with Crippen molar-refractivity contribution in [3.8, 4) is 11.4 Å². The first kappa shape index (κ1) is 11.3. The maximum atomic E-state index is 10.9. The number of aromatic nitrogens is 4. The monoisotopic (exact) mass is 254 g/mol. The SMILES string of the molecule is Cc1nccnc1-c1cn2ccc(C(=O)O)cc2n1. The van der Waals surface area contributed by atoms with Gasteiger partial charge in [-0.15, -0.1) is 0 Å². The summed E-state index contributed by atoms with van der Waals surface area (Å²) in [6.45, 7) is 1.86. The summed E-state index contributed by atoms with van der Waals surface area (Å²) in [6, 6.07) is 3.06. The fourth-order valence-corrected chi connectivity index (χ4v) is 1.89. The predicted molar refractivity (Wildman–Crippen MR) is 67.9 cm³/mol. The lowest BCUT2D eigenvalue weighted by molar-refractivity contribution is 0.0697. The second-order valence-electron chi connectivity index (χ2n) is 4.10. The molecule has 3 rings (SSSR count). The van der Waals surface area contributed by atoms with Crippen LogP contribution in [0.25, 0.3) is 17.0 Å². The zero-order valence-corrected chi connectivity index (χ0v) is 10.1. The number of aryl methyl sites for hydroxylation is 1. The van der Waals surface area contributed by atoms with Gasteiger partial charge in [0.1, 0.15) is 17.0 Å². The first-order chi connectivity index (χ1) is 9.15. The minimum atomic E-state index is -0.970. The van der Waals surface area contributed by atoms with Crippen LogP contribution in [0.1, 0.15) is 16.1 Å². The van der Waals surface area contributed by atoms with E-state index in [4.69, 9.17) is 5.11 Å². The molecule has 3 heterocycles. The molecule has 0 atom stereocenters.